The minimum atomic E-state index is 0.650. The van der Waals surface area contributed by atoms with Crippen LogP contribution in [-0.4, -0.2) is 57.4 Å². The van der Waals surface area contributed by atoms with Gasteiger partial charge in [0.25, 0.3) is 0 Å². The molecule has 0 aromatic heterocycles. The highest BCUT2D eigenvalue weighted by Gasteiger charge is 2.17. The number of nitrogens with two attached hydrogens (primary N) is 1. The Hall–Kier alpha value is -0.810. The van der Waals surface area contributed by atoms with Crippen molar-refractivity contribution < 1.29 is 9.47 Å². The van der Waals surface area contributed by atoms with Gasteiger partial charge in [-0.2, -0.15) is 0 Å². The fourth-order valence-electron chi connectivity index (χ4n) is 2.10. The second kappa shape index (κ2) is 9.16. The molecule has 0 aliphatic carbocycles. The van der Waals surface area contributed by atoms with Gasteiger partial charge in [0.1, 0.15) is 0 Å². The van der Waals surface area contributed by atoms with Gasteiger partial charge in [0, 0.05) is 33.4 Å². The number of likely N-dealkylation sites (tertiary alicyclic amines) is 1. The fourth-order valence-corrected chi connectivity index (χ4v) is 2.10. The Labute approximate surface area is 110 Å². The molecule has 106 valence electrons. The maximum Gasteiger partial charge on any atom is 0.191 e. The van der Waals surface area contributed by atoms with Crippen molar-refractivity contribution in [2.24, 2.45) is 16.6 Å². The van der Waals surface area contributed by atoms with Gasteiger partial charge in [-0.1, -0.05) is 6.92 Å². The van der Waals surface area contributed by atoms with Gasteiger partial charge in [-0.25, -0.2) is 0 Å². The lowest BCUT2D eigenvalue weighted by Crippen LogP contribution is -2.43. The number of hydrogen-bond donors (Lipinski definition) is 1. The first-order chi connectivity index (χ1) is 8.74. The molecule has 1 aliphatic heterocycles. The molecular weight excluding hydrogens is 230 g/mol. The van der Waals surface area contributed by atoms with Crippen LogP contribution in [0, 0.1) is 5.92 Å². The van der Waals surface area contributed by atoms with Crippen LogP contribution in [0.1, 0.15) is 26.2 Å². The molecule has 5 heteroatoms. The fraction of sp³-hybridized carbons (Fsp3) is 0.923. The van der Waals surface area contributed by atoms with Gasteiger partial charge in [0.05, 0.1) is 13.2 Å². The molecule has 2 N–H and O–H groups in total. The van der Waals surface area contributed by atoms with Crippen molar-refractivity contribution in [1.29, 1.82) is 0 Å². The van der Waals surface area contributed by atoms with E-state index in [1.165, 1.54) is 12.8 Å². The molecule has 1 atom stereocenters. The highest BCUT2D eigenvalue weighted by Crippen LogP contribution is 2.14. The van der Waals surface area contributed by atoms with Crippen molar-refractivity contribution in [1.82, 2.24) is 4.90 Å². The third-order valence-electron chi connectivity index (χ3n) is 3.13. The van der Waals surface area contributed by atoms with Crippen LogP contribution in [0.3, 0.4) is 0 Å². The van der Waals surface area contributed by atoms with Crippen LogP contribution in [-0.2, 0) is 9.47 Å². The molecular formula is C13H27N3O2. The Kier molecular flexibility index (Phi) is 7.76. The molecule has 0 amide bonds. The van der Waals surface area contributed by atoms with Crippen molar-refractivity contribution >= 4 is 5.96 Å². The van der Waals surface area contributed by atoms with E-state index in [0.717, 1.165) is 38.6 Å². The molecule has 0 aromatic carbocycles. The van der Waals surface area contributed by atoms with E-state index in [4.69, 9.17) is 15.2 Å². The van der Waals surface area contributed by atoms with Crippen LogP contribution in [0.5, 0.6) is 0 Å². The summed E-state index contributed by atoms with van der Waals surface area (Å²) >= 11 is 0. The first-order valence-electron chi connectivity index (χ1n) is 6.85. The third-order valence-corrected chi connectivity index (χ3v) is 3.13. The summed E-state index contributed by atoms with van der Waals surface area (Å²) in [6, 6.07) is 0. The Morgan fingerprint density at radius 3 is 2.94 bits per heavy atom. The number of nitrogens with zero attached hydrogens (tertiary/aromatic N) is 2. The molecule has 5 nitrogen and oxygen atoms in total. The smallest absolute Gasteiger partial charge is 0.191 e. The summed E-state index contributed by atoms with van der Waals surface area (Å²) in [5.74, 6) is 1.42. The van der Waals surface area contributed by atoms with Crippen molar-refractivity contribution in [2.45, 2.75) is 26.2 Å². The molecule has 0 spiro atoms. The van der Waals surface area contributed by atoms with E-state index in [1.807, 2.05) is 0 Å². The molecule has 1 unspecified atom stereocenters. The summed E-state index contributed by atoms with van der Waals surface area (Å²) in [6.45, 7) is 7.11. The third kappa shape index (κ3) is 6.21. The minimum absolute atomic E-state index is 0.650. The topological polar surface area (TPSA) is 60.1 Å². The van der Waals surface area contributed by atoms with Crippen LogP contribution < -0.4 is 5.73 Å². The summed E-state index contributed by atoms with van der Waals surface area (Å²) in [7, 11) is 1.67. The van der Waals surface area contributed by atoms with Crippen molar-refractivity contribution in [3.8, 4) is 0 Å². The van der Waals surface area contributed by atoms with Gasteiger partial charge in [-0.05, 0) is 25.2 Å². The second-order valence-electron chi connectivity index (χ2n) is 4.89. The lowest BCUT2D eigenvalue weighted by molar-refractivity contribution is 0.0702. The van der Waals surface area contributed by atoms with Gasteiger partial charge >= 0.3 is 0 Å². The van der Waals surface area contributed by atoms with Crippen LogP contribution in [0.25, 0.3) is 0 Å². The van der Waals surface area contributed by atoms with Gasteiger partial charge < -0.3 is 20.1 Å². The average molecular weight is 257 g/mol. The van der Waals surface area contributed by atoms with E-state index in [-0.39, 0.29) is 0 Å². The van der Waals surface area contributed by atoms with Crippen molar-refractivity contribution in [2.75, 3.05) is 46.6 Å². The SMILES string of the molecule is COCCOCCCN=C(N)N1CCCC(C)C1. The molecule has 18 heavy (non-hydrogen) atoms. The summed E-state index contributed by atoms with van der Waals surface area (Å²) in [4.78, 5) is 6.60. The first kappa shape index (κ1) is 15.2. The summed E-state index contributed by atoms with van der Waals surface area (Å²) in [5, 5.41) is 0. The van der Waals surface area contributed by atoms with E-state index >= 15 is 0 Å². The van der Waals surface area contributed by atoms with E-state index in [0.29, 0.717) is 19.2 Å². The number of ether oxygens (including phenoxy) is 2. The largest absolute Gasteiger partial charge is 0.382 e. The molecule has 1 saturated heterocycles. The number of methoxy groups -OCH3 is 1. The van der Waals surface area contributed by atoms with Gasteiger partial charge in [0.15, 0.2) is 5.96 Å². The Morgan fingerprint density at radius 2 is 2.22 bits per heavy atom. The van der Waals surface area contributed by atoms with E-state index < -0.39 is 0 Å². The van der Waals surface area contributed by atoms with Crippen molar-refractivity contribution in [3.63, 3.8) is 0 Å². The highest BCUT2D eigenvalue weighted by atomic mass is 16.5. The first-order valence-corrected chi connectivity index (χ1v) is 6.85. The predicted molar refractivity (Wildman–Crippen MR) is 73.8 cm³/mol. The normalized spacial score (nSPS) is 21.3. The zero-order valence-electron chi connectivity index (χ0n) is 11.7. The molecule has 1 fully saturated rings. The lowest BCUT2D eigenvalue weighted by Gasteiger charge is -2.31. The summed E-state index contributed by atoms with van der Waals surface area (Å²) < 4.78 is 10.3. The maximum atomic E-state index is 5.99. The van der Waals surface area contributed by atoms with Gasteiger partial charge in [0.2, 0.25) is 0 Å². The number of piperidine rings is 1. The van der Waals surface area contributed by atoms with Gasteiger partial charge in [-0.15, -0.1) is 0 Å². The van der Waals surface area contributed by atoms with E-state index in [9.17, 15) is 0 Å². The summed E-state index contributed by atoms with van der Waals surface area (Å²) in [5.41, 5.74) is 5.99. The summed E-state index contributed by atoms with van der Waals surface area (Å²) in [6.07, 6.45) is 3.43. The maximum absolute atomic E-state index is 5.99. The lowest BCUT2D eigenvalue weighted by atomic mass is 10.0. The molecule has 1 rings (SSSR count). The zero-order chi connectivity index (χ0) is 13.2. The molecule has 1 heterocycles. The van der Waals surface area contributed by atoms with Crippen LogP contribution in [0.15, 0.2) is 4.99 Å². The van der Waals surface area contributed by atoms with Crippen LogP contribution in [0.2, 0.25) is 0 Å². The monoisotopic (exact) mass is 257 g/mol. The Balaban J connectivity index is 2.09. The van der Waals surface area contributed by atoms with E-state index in [1.54, 1.807) is 7.11 Å². The number of aliphatic imine (C=N–C) groups is 1. The second-order valence-corrected chi connectivity index (χ2v) is 4.89. The number of guanidine groups is 1. The highest BCUT2D eigenvalue weighted by molar-refractivity contribution is 5.78. The predicted octanol–water partition coefficient (Wildman–Crippen LogP) is 1.09. The van der Waals surface area contributed by atoms with Gasteiger partial charge in [-0.3, -0.25) is 4.99 Å². The molecule has 0 radical (unpaired) electrons. The van der Waals surface area contributed by atoms with E-state index in [2.05, 4.69) is 16.8 Å². The van der Waals surface area contributed by atoms with Crippen molar-refractivity contribution in [3.05, 3.63) is 0 Å². The average Bonchev–Trinajstić information content (AvgIpc) is 2.37. The standard InChI is InChI=1S/C13H27N3O2/c1-12-5-3-7-16(11-12)13(14)15-6-4-8-18-10-9-17-2/h12H,3-11H2,1-2H3,(H2,14,15). The minimum Gasteiger partial charge on any atom is -0.382 e. The molecule has 0 saturated carbocycles. The van der Waals surface area contributed by atoms with Crippen LogP contribution in [0.4, 0.5) is 0 Å². The molecule has 1 aliphatic rings. The molecule has 0 bridgehead atoms. The van der Waals surface area contributed by atoms with Crippen LogP contribution >= 0.6 is 0 Å². The number of rotatable bonds is 7. The Morgan fingerprint density at radius 1 is 1.39 bits per heavy atom. The zero-order valence-corrected chi connectivity index (χ0v) is 11.7. The quantitative estimate of drug-likeness (QED) is 0.421. The Bertz CT molecular complexity index is 246. The number of hydrogen-bond acceptors (Lipinski definition) is 3. The molecule has 0 aromatic rings.